The van der Waals surface area contributed by atoms with Crippen molar-refractivity contribution in [1.29, 1.82) is 0 Å². The highest BCUT2D eigenvalue weighted by atomic mass is 16.6. The van der Waals surface area contributed by atoms with Gasteiger partial charge in [-0.25, -0.2) is 0 Å². The van der Waals surface area contributed by atoms with Crippen LogP contribution in [-0.4, -0.2) is 11.5 Å². The summed E-state index contributed by atoms with van der Waals surface area (Å²) < 4.78 is 0. The molecule has 0 radical (unpaired) electrons. The van der Waals surface area contributed by atoms with E-state index >= 15 is 0 Å². The third kappa shape index (κ3) is 17.0. The van der Waals surface area contributed by atoms with Gasteiger partial charge in [0.15, 0.2) is 0 Å². The summed E-state index contributed by atoms with van der Waals surface area (Å²) in [6, 6.07) is 14.5. The summed E-state index contributed by atoms with van der Waals surface area (Å²) in [4.78, 5) is 10.3. The fourth-order valence-corrected chi connectivity index (χ4v) is 5.10. The second-order valence-corrected chi connectivity index (χ2v) is 11.3. The normalized spacial score (nSPS) is 10.7. The largest absolute Gasteiger partial charge is 0.385 e. The third-order valence-electron chi connectivity index (χ3n) is 7.67. The van der Waals surface area contributed by atoms with Crippen molar-refractivity contribution in [2.45, 2.75) is 135 Å². The zero-order valence-corrected chi connectivity index (χ0v) is 25.2. The SMILES string of the molecule is CCCCCCCCCCCCCCCCCCCCCCNc1ccc(C#Cc2ccc([N+](=O)[O-])cc2)cc1. The van der Waals surface area contributed by atoms with Crippen molar-refractivity contribution in [3.8, 4) is 11.8 Å². The van der Waals surface area contributed by atoms with Crippen molar-refractivity contribution < 1.29 is 4.92 Å². The Morgan fingerprint density at radius 1 is 0.550 bits per heavy atom. The summed E-state index contributed by atoms with van der Waals surface area (Å²) in [6.45, 7) is 3.30. The Morgan fingerprint density at radius 2 is 0.900 bits per heavy atom. The fraction of sp³-hybridized carbons (Fsp3) is 0.611. The van der Waals surface area contributed by atoms with Gasteiger partial charge in [0.1, 0.15) is 0 Å². The molecule has 2 aromatic rings. The first-order chi connectivity index (χ1) is 19.7. The molecule has 1 N–H and O–H groups in total. The minimum absolute atomic E-state index is 0.0844. The van der Waals surface area contributed by atoms with Gasteiger partial charge in [0.2, 0.25) is 0 Å². The lowest BCUT2D eigenvalue weighted by molar-refractivity contribution is -0.384. The molecular weight excluding hydrogens is 492 g/mol. The molecule has 220 valence electrons. The van der Waals surface area contributed by atoms with Crippen molar-refractivity contribution in [2.75, 3.05) is 11.9 Å². The Morgan fingerprint density at radius 3 is 1.27 bits per heavy atom. The molecule has 0 fully saturated rings. The molecule has 0 amide bonds. The van der Waals surface area contributed by atoms with Crippen LogP contribution in [0.25, 0.3) is 0 Å². The standard InChI is InChI=1S/C36H54N2O2/c1-2-3-4-5-6-7-8-9-10-11-12-13-14-15-16-17-18-19-20-21-32-37-35-28-24-33(25-29-35)22-23-34-26-30-36(31-27-34)38(39)40/h24-31,37H,2-21,32H2,1H3. The number of non-ortho nitro benzene ring substituents is 1. The predicted octanol–water partition coefficient (Wildman–Crippen LogP) is 11.2. The first-order valence-electron chi connectivity index (χ1n) is 16.3. The molecule has 0 aliphatic rings. The van der Waals surface area contributed by atoms with E-state index in [-0.39, 0.29) is 5.69 Å². The minimum atomic E-state index is -0.398. The molecule has 0 aliphatic heterocycles. The van der Waals surface area contributed by atoms with E-state index in [9.17, 15) is 10.1 Å². The van der Waals surface area contributed by atoms with Gasteiger partial charge in [0.25, 0.3) is 5.69 Å². The van der Waals surface area contributed by atoms with Gasteiger partial charge < -0.3 is 5.32 Å². The average molecular weight is 547 g/mol. The number of nitrogens with zero attached hydrogens (tertiary/aromatic N) is 1. The maximum atomic E-state index is 10.7. The Bertz CT molecular complexity index is 957. The van der Waals surface area contributed by atoms with E-state index in [4.69, 9.17) is 0 Å². The first kappa shape index (κ1) is 33.4. The van der Waals surface area contributed by atoms with Crippen molar-refractivity contribution in [2.24, 2.45) is 0 Å². The number of nitro benzene ring substituents is 1. The van der Waals surface area contributed by atoms with E-state index in [1.165, 1.54) is 141 Å². The van der Waals surface area contributed by atoms with Crippen LogP contribution in [0.15, 0.2) is 48.5 Å². The molecule has 40 heavy (non-hydrogen) atoms. The monoisotopic (exact) mass is 546 g/mol. The highest BCUT2D eigenvalue weighted by Gasteiger charge is 2.02. The summed E-state index contributed by atoms with van der Waals surface area (Å²) in [5, 5.41) is 14.3. The van der Waals surface area contributed by atoms with Gasteiger partial charge in [-0.15, -0.1) is 0 Å². The van der Waals surface area contributed by atoms with Crippen molar-refractivity contribution in [1.82, 2.24) is 0 Å². The van der Waals surface area contributed by atoms with Gasteiger partial charge in [-0.1, -0.05) is 141 Å². The van der Waals surface area contributed by atoms with E-state index in [0.29, 0.717) is 0 Å². The number of nitrogens with one attached hydrogen (secondary N) is 1. The van der Waals surface area contributed by atoms with Crippen molar-refractivity contribution in [3.05, 3.63) is 69.8 Å². The van der Waals surface area contributed by atoms with E-state index in [0.717, 1.165) is 23.4 Å². The van der Waals surface area contributed by atoms with Gasteiger partial charge in [0, 0.05) is 35.5 Å². The molecular formula is C36H54N2O2. The van der Waals surface area contributed by atoms with Gasteiger partial charge in [-0.2, -0.15) is 0 Å². The maximum Gasteiger partial charge on any atom is 0.269 e. The van der Waals surface area contributed by atoms with Crippen LogP contribution in [0.4, 0.5) is 11.4 Å². The number of hydrogen-bond acceptors (Lipinski definition) is 3. The van der Waals surface area contributed by atoms with Crippen LogP contribution in [0, 0.1) is 22.0 Å². The molecule has 2 aromatic carbocycles. The number of anilines is 1. The molecule has 4 nitrogen and oxygen atoms in total. The molecule has 0 saturated heterocycles. The molecule has 4 heteroatoms. The molecule has 0 saturated carbocycles. The van der Waals surface area contributed by atoms with Crippen LogP contribution in [0.2, 0.25) is 0 Å². The molecule has 0 bridgehead atoms. The molecule has 0 unspecified atom stereocenters. The van der Waals surface area contributed by atoms with Crippen LogP contribution in [0.1, 0.15) is 146 Å². The summed E-state index contributed by atoms with van der Waals surface area (Å²) >= 11 is 0. The minimum Gasteiger partial charge on any atom is -0.385 e. The average Bonchev–Trinajstić information content (AvgIpc) is 2.97. The number of nitro groups is 1. The van der Waals surface area contributed by atoms with Gasteiger partial charge in [-0.3, -0.25) is 10.1 Å². The number of rotatable bonds is 23. The molecule has 0 atom stereocenters. The Balaban J connectivity index is 1.36. The Hall–Kier alpha value is -2.80. The Kier molecular flexibility index (Phi) is 19.2. The molecule has 2 rings (SSSR count). The molecule has 0 heterocycles. The zero-order chi connectivity index (χ0) is 28.5. The smallest absolute Gasteiger partial charge is 0.269 e. The van der Waals surface area contributed by atoms with Crippen LogP contribution in [0.5, 0.6) is 0 Å². The van der Waals surface area contributed by atoms with E-state index in [1.54, 1.807) is 12.1 Å². The van der Waals surface area contributed by atoms with E-state index in [1.807, 2.05) is 12.1 Å². The van der Waals surface area contributed by atoms with Gasteiger partial charge >= 0.3 is 0 Å². The number of unbranched alkanes of at least 4 members (excludes halogenated alkanes) is 19. The molecule has 0 spiro atoms. The van der Waals surface area contributed by atoms with Crippen LogP contribution in [-0.2, 0) is 0 Å². The van der Waals surface area contributed by atoms with Gasteiger partial charge in [0.05, 0.1) is 4.92 Å². The number of hydrogen-bond donors (Lipinski definition) is 1. The lowest BCUT2D eigenvalue weighted by Crippen LogP contribution is -2.01. The third-order valence-corrected chi connectivity index (χ3v) is 7.67. The molecule has 0 aromatic heterocycles. The maximum absolute atomic E-state index is 10.7. The van der Waals surface area contributed by atoms with Gasteiger partial charge in [-0.05, 0) is 42.8 Å². The lowest BCUT2D eigenvalue weighted by Gasteiger charge is -2.07. The number of benzene rings is 2. The highest BCUT2D eigenvalue weighted by Crippen LogP contribution is 2.16. The first-order valence-corrected chi connectivity index (χ1v) is 16.3. The zero-order valence-electron chi connectivity index (χ0n) is 25.2. The van der Waals surface area contributed by atoms with E-state index < -0.39 is 4.92 Å². The van der Waals surface area contributed by atoms with Crippen LogP contribution >= 0.6 is 0 Å². The Labute approximate surface area is 244 Å². The second kappa shape index (κ2) is 23.0. The summed E-state index contributed by atoms with van der Waals surface area (Å²) in [5.74, 6) is 6.18. The summed E-state index contributed by atoms with van der Waals surface area (Å²) in [6.07, 6.45) is 28.2. The quantitative estimate of drug-likeness (QED) is 0.0652. The summed E-state index contributed by atoms with van der Waals surface area (Å²) in [5.41, 5.74) is 2.91. The topological polar surface area (TPSA) is 55.2 Å². The van der Waals surface area contributed by atoms with Crippen LogP contribution < -0.4 is 5.32 Å². The highest BCUT2D eigenvalue weighted by molar-refractivity contribution is 5.50. The van der Waals surface area contributed by atoms with Crippen molar-refractivity contribution >= 4 is 11.4 Å². The molecule has 0 aliphatic carbocycles. The lowest BCUT2D eigenvalue weighted by atomic mass is 10.0. The summed E-state index contributed by atoms with van der Waals surface area (Å²) in [7, 11) is 0. The van der Waals surface area contributed by atoms with E-state index in [2.05, 4.69) is 36.2 Å². The predicted molar refractivity (Wildman–Crippen MR) is 172 cm³/mol. The van der Waals surface area contributed by atoms with Crippen molar-refractivity contribution in [3.63, 3.8) is 0 Å². The second-order valence-electron chi connectivity index (χ2n) is 11.3. The fourth-order valence-electron chi connectivity index (χ4n) is 5.10. The van der Waals surface area contributed by atoms with Crippen LogP contribution in [0.3, 0.4) is 0 Å².